The van der Waals surface area contributed by atoms with Gasteiger partial charge in [0.1, 0.15) is 0 Å². The number of nitrogens with zero attached hydrogens (tertiary/aromatic N) is 3. The summed E-state index contributed by atoms with van der Waals surface area (Å²) in [6, 6.07) is 5.83. The summed E-state index contributed by atoms with van der Waals surface area (Å²) < 4.78 is 0. The molecule has 0 atom stereocenters. The van der Waals surface area contributed by atoms with Crippen LogP contribution in [0, 0.1) is 11.3 Å². The van der Waals surface area contributed by atoms with Crippen molar-refractivity contribution in [3.63, 3.8) is 0 Å². The van der Waals surface area contributed by atoms with Crippen LogP contribution in [0.25, 0.3) is 0 Å². The third-order valence-corrected chi connectivity index (χ3v) is 2.44. The van der Waals surface area contributed by atoms with Crippen LogP contribution in [0.3, 0.4) is 0 Å². The van der Waals surface area contributed by atoms with Crippen molar-refractivity contribution in [3.05, 3.63) is 30.1 Å². The Hall–Kier alpha value is -1.54. The van der Waals surface area contributed by atoms with Gasteiger partial charge in [-0.3, -0.25) is 9.78 Å². The summed E-state index contributed by atoms with van der Waals surface area (Å²) in [7, 11) is 0. The molecule has 1 heterocycles. The molecular formula is C11H13N3OS. The first-order chi connectivity index (χ1) is 7.74. The third kappa shape index (κ3) is 4.32. The van der Waals surface area contributed by atoms with Gasteiger partial charge < -0.3 is 4.90 Å². The van der Waals surface area contributed by atoms with E-state index in [0.717, 1.165) is 12.0 Å². The summed E-state index contributed by atoms with van der Waals surface area (Å²) in [4.78, 5) is 16.7. The maximum atomic E-state index is 11.1. The molecule has 0 bridgehead atoms. The molecule has 84 valence electrons. The first kappa shape index (κ1) is 12.5. The molecule has 0 N–H and O–H groups in total. The minimum atomic E-state index is -0.292. The molecule has 0 saturated carbocycles. The van der Waals surface area contributed by atoms with Crippen LogP contribution in [0.2, 0.25) is 0 Å². The van der Waals surface area contributed by atoms with Crippen LogP contribution in [0.4, 0.5) is 4.79 Å². The van der Waals surface area contributed by atoms with Crippen LogP contribution in [0.5, 0.6) is 0 Å². The summed E-state index contributed by atoms with van der Waals surface area (Å²) in [6.07, 6.45) is 4.54. The molecule has 0 aromatic carbocycles. The van der Waals surface area contributed by atoms with Crippen LogP contribution < -0.4 is 0 Å². The summed E-state index contributed by atoms with van der Waals surface area (Å²) in [5, 5.41) is 8.17. The van der Waals surface area contributed by atoms with Gasteiger partial charge in [0.05, 0.1) is 12.5 Å². The molecule has 5 heteroatoms. The monoisotopic (exact) mass is 235 g/mol. The number of amides is 1. The number of thiol groups is 1. The summed E-state index contributed by atoms with van der Waals surface area (Å²) >= 11 is 3.77. The van der Waals surface area contributed by atoms with Crippen molar-refractivity contribution < 1.29 is 4.79 Å². The van der Waals surface area contributed by atoms with E-state index < -0.39 is 0 Å². The summed E-state index contributed by atoms with van der Waals surface area (Å²) in [6.45, 7) is 0.995. The highest BCUT2D eigenvalue weighted by Crippen LogP contribution is 2.03. The predicted molar refractivity (Wildman–Crippen MR) is 64.1 cm³/mol. The molecule has 0 unspecified atom stereocenters. The standard InChI is InChI=1S/C11H13N3OS/c12-5-2-7-14(11(15)16)8-4-10-3-1-6-13-9-10/h1,3,6,9H,2,4,7-8H2,(H,15,16). The quantitative estimate of drug-likeness (QED) is 0.793. The maximum absolute atomic E-state index is 11.1. The van der Waals surface area contributed by atoms with Gasteiger partial charge in [-0.1, -0.05) is 18.7 Å². The van der Waals surface area contributed by atoms with Crippen LogP contribution in [-0.2, 0) is 6.42 Å². The number of aromatic nitrogens is 1. The zero-order valence-corrected chi connectivity index (χ0v) is 9.73. The average Bonchev–Trinajstić information content (AvgIpc) is 2.30. The lowest BCUT2D eigenvalue weighted by Crippen LogP contribution is -2.29. The Morgan fingerprint density at radius 1 is 1.56 bits per heavy atom. The minimum absolute atomic E-state index is 0.292. The van der Waals surface area contributed by atoms with Gasteiger partial charge in [-0.05, 0) is 18.1 Å². The molecule has 1 amide bonds. The number of hydrogen-bond acceptors (Lipinski definition) is 3. The fourth-order valence-corrected chi connectivity index (χ4v) is 1.50. The highest BCUT2D eigenvalue weighted by molar-refractivity contribution is 7.96. The predicted octanol–water partition coefficient (Wildman–Crippen LogP) is 1.89. The van der Waals surface area contributed by atoms with Crippen LogP contribution in [0.1, 0.15) is 12.0 Å². The normalized spacial score (nSPS) is 9.50. The first-order valence-corrected chi connectivity index (χ1v) is 5.42. The lowest BCUT2D eigenvalue weighted by Gasteiger charge is -2.18. The Morgan fingerprint density at radius 3 is 2.94 bits per heavy atom. The van der Waals surface area contributed by atoms with E-state index in [-0.39, 0.29) is 5.24 Å². The zero-order valence-electron chi connectivity index (χ0n) is 8.83. The largest absolute Gasteiger partial charge is 0.332 e. The van der Waals surface area contributed by atoms with Crippen molar-refractivity contribution in [2.24, 2.45) is 0 Å². The van der Waals surface area contributed by atoms with Crippen LogP contribution >= 0.6 is 12.6 Å². The van der Waals surface area contributed by atoms with Gasteiger partial charge in [0.15, 0.2) is 0 Å². The third-order valence-electron chi connectivity index (χ3n) is 2.16. The van der Waals surface area contributed by atoms with E-state index in [1.165, 1.54) is 0 Å². The summed E-state index contributed by atoms with van der Waals surface area (Å²) in [5.41, 5.74) is 1.07. The maximum Gasteiger partial charge on any atom is 0.278 e. The molecular weight excluding hydrogens is 222 g/mol. The molecule has 0 radical (unpaired) electrons. The fraction of sp³-hybridized carbons (Fsp3) is 0.364. The number of rotatable bonds is 5. The molecule has 0 aliphatic heterocycles. The Balaban J connectivity index is 2.44. The zero-order chi connectivity index (χ0) is 11.8. The molecule has 1 aromatic rings. The van der Waals surface area contributed by atoms with E-state index in [9.17, 15) is 4.79 Å². The first-order valence-electron chi connectivity index (χ1n) is 4.97. The molecule has 0 aliphatic carbocycles. The van der Waals surface area contributed by atoms with Gasteiger partial charge in [-0.15, -0.1) is 0 Å². The molecule has 0 spiro atoms. The SMILES string of the molecule is N#CCCN(CCc1cccnc1)C(=O)S. The number of nitriles is 1. The van der Waals surface area contributed by atoms with Crippen molar-refractivity contribution in [1.82, 2.24) is 9.88 Å². The smallest absolute Gasteiger partial charge is 0.278 e. The van der Waals surface area contributed by atoms with Crippen molar-refractivity contribution in [2.75, 3.05) is 13.1 Å². The second kappa shape index (κ2) is 6.85. The molecule has 1 aromatic heterocycles. The van der Waals surface area contributed by atoms with Gasteiger partial charge in [-0.2, -0.15) is 5.26 Å². The van der Waals surface area contributed by atoms with Crippen molar-refractivity contribution >= 4 is 17.9 Å². The molecule has 1 rings (SSSR count). The van der Waals surface area contributed by atoms with E-state index in [4.69, 9.17) is 5.26 Å². The molecule has 0 fully saturated rings. The minimum Gasteiger partial charge on any atom is -0.332 e. The van der Waals surface area contributed by atoms with Crippen molar-refractivity contribution in [3.8, 4) is 6.07 Å². The molecule has 4 nitrogen and oxygen atoms in total. The van der Waals surface area contributed by atoms with E-state index >= 15 is 0 Å². The van der Waals surface area contributed by atoms with Gasteiger partial charge >= 0.3 is 0 Å². The lowest BCUT2D eigenvalue weighted by molar-refractivity contribution is 0.225. The highest BCUT2D eigenvalue weighted by atomic mass is 32.1. The Labute approximate surface area is 100 Å². The van der Waals surface area contributed by atoms with E-state index in [1.807, 2.05) is 18.2 Å². The average molecular weight is 235 g/mol. The topological polar surface area (TPSA) is 57.0 Å². The molecule has 16 heavy (non-hydrogen) atoms. The second-order valence-electron chi connectivity index (χ2n) is 3.29. The van der Waals surface area contributed by atoms with Crippen LogP contribution in [0.15, 0.2) is 24.5 Å². The number of hydrogen-bond donors (Lipinski definition) is 1. The van der Waals surface area contributed by atoms with Gasteiger partial charge in [0.2, 0.25) is 0 Å². The van der Waals surface area contributed by atoms with E-state index in [2.05, 4.69) is 17.6 Å². The van der Waals surface area contributed by atoms with E-state index in [1.54, 1.807) is 17.3 Å². The Morgan fingerprint density at radius 2 is 2.38 bits per heavy atom. The fourth-order valence-electron chi connectivity index (χ4n) is 1.30. The number of carbonyl (C=O) groups is 1. The Bertz CT molecular complexity index is 375. The van der Waals surface area contributed by atoms with Gasteiger partial charge in [0.25, 0.3) is 5.24 Å². The Kier molecular flexibility index (Phi) is 5.37. The lowest BCUT2D eigenvalue weighted by atomic mass is 10.2. The second-order valence-corrected chi connectivity index (χ2v) is 3.67. The van der Waals surface area contributed by atoms with Crippen LogP contribution in [-0.4, -0.2) is 28.2 Å². The highest BCUT2D eigenvalue weighted by Gasteiger charge is 2.08. The van der Waals surface area contributed by atoms with Crippen molar-refractivity contribution in [1.29, 1.82) is 5.26 Å². The molecule has 0 aliphatic rings. The van der Waals surface area contributed by atoms with Gasteiger partial charge in [-0.25, -0.2) is 0 Å². The number of pyridine rings is 1. The van der Waals surface area contributed by atoms with Gasteiger partial charge in [0, 0.05) is 25.5 Å². The van der Waals surface area contributed by atoms with Crippen molar-refractivity contribution in [2.45, 2.75) is 12.8 Å². The molecule has 0 saturated heterocycles. The van der Waals surface area contributed by atoms with E-state index in [0.29, 0.717) is 19.5 Å². The summed E-state index contributed by atoms with van der Waals surface area (Å²) in [5.74, 6) is 0. The number of carbonyl (C=O) groups excluding carboxylic acids is 1.